The minimum atomic E-state index is -0.717. The van der Waals surface area contributed by atoms with E-state index in [1.54, 1.807) is 12.1 Å². The van der Waals surface area contributed by atoms with E-state index in [-0.39, 0.29) is 11.4 Å². The van der Waals surface area contributed by atoms with Crippen molar-refractivity contribution in [1.82, 2.24) is 0 Å². The van der Waals surface area contributed by atoms with E-state index >= 15 is 0 Å². The maximum Gasteiger partial charge on any atom is 0.301 e. The fraction of sp³-hybridized carbons (Fsp3) is 0.136. The van der Waals surface area contributed by atoms with Crippen molar-refractivity contribution in [3.8, 4) is 11.5 Å². The molecule has 0 amide bonds. The number of nitrogens with zero attached hydrogens (tertiary/aromatic N) is 3. The summed E-state index contributed by atoms with van der Waals surface area (Å²) < 4.78 is 13.3. The Bertz CT molecular complexity index is 1230. The first-order valence-electron chi connectivity index (χ1n) is 9.84. The molecule has 0 saturated carbocycles. The van der Waals surface area contributed by atoms with Crippen LogP contribution in [0.1, 0.15) is 18.1 Å². The third-order valence-corrected chi connectivity index (χ3v) is 5.66. The molecular formula is C22H18Br2N4O6. The van der Waals surface area contributed by atoms with E-state index in [9.17, 15) is 20.2 Å². The number of hydrogen-bond donors (Lipinski definition) is 1. The minimum absolute atomic E-state index is 0.0162. The standard InChI is InChI=1S/C22H18Br2N4O6/c1-2-33-21-9-15(18(24)11-22(21)34-13-14-3-5-16(23)6-4-14)12-25-26-19-8-7-17(27(29)30)10-20(19)28(31)32/h3-12,26H,2,13H2,1H3/b25-12+. The topological polar surface area (TPSA) is 129 Å². The van der Waals surface area contributed by atoms with Crippen LogP contribution in [-0.4, -0.2) is 22.7 Å². The number of benzene rings is 3. The molecule has 0 fully saturated rings. The van der Waals surface area contributed by atoms with Crippen LogP contribution >= 0.6 is 31.9 Å². The lowest BCUT2D eigenvalue weighted by Gasteiger charge is -2.14. The predicted octanol–water partition coefficient (Wildman–Crippen LogP) is 6.45. The summed E-state index contributed by atoms with van der Waals surface area (Å²) in [6.45, 7) is 2.61. The Morgan fingerprint density at radius 3 is 2.32 bits per heavy atom. The monoisotopic (exact) mass is 592 g/mol. The molecule has 0 atom stereocenters. The van der Waals surface area contributed by atoms with Gasteiger partial charge >= 0.3 is 5.69 Å². The number of ether oxygens (including phenoxy) is 2. The summed E-state index contributed by atoms with van der Waals surface area (Å²) in [6.07, 6.45) is 1.44. The van der Waals surface area contributed by atoms with Gasteiger partial charge in [0.2, 0.25) is 0 Å². The van der Waals surface area contributed by atoms with Gasteiger partial charge in [-0.1, -0.05) is 28.1 Å². The number of nitro groups is 2. The first kappa shape index (κ1) is 25.1. The van der Waals surface area contributed by atoms with Crippen molar-refractivity contribution < 1.29 is 19.3 Å². The summed E-state index contributed by atoms with van der Waals surface area (Å²) in [6, 6.07) is 14.5. The highest BCUT2D eigenvalue weighted by molar-refractivity contribution is 9.10. The van der Waals surface area contributed by atoms with Gasteiger partial charge in [-0.25, -0.2) is 0 Å². The molecule has 0 unspecified atom stereocenters. The molecule has 0 aliphatic rings. The molecule has 34 heavy (non-hydrogen) atoms. The van der Waals surface area contributed by atoms with E-state index < -0.39 is 15.5 Å². The number of hydrogen-bond acceptors (Lipinski definition) is 8. The van der Waals surface area contributed by atoms with Crippen LogP contribution in [0.3, 0.4) is 0 Å². The maximum atomic E-state index is 11.3. The molecule has 0 radical (unpaired) electrons. The Morgan fingerprint density at radius 1 is 0.971 bits per heavy atom. The van der Waals surface area contributed by atoms with Crippen LogP contribution in [0.5, 0.6) is 11.5 Å². The zero-order chi connectivity index (χ0) is 24.7. The SMILES string of the molecule is CCOc1cc(/C=N/Nc2ccc([N+](=O)[O-])cc2[N+](=O)[O-])c(Br)cc1OCc1ccc(Br)cc1. The molecule has 3 aromatic rings. The molecule has 12 heteroatoms. The second-order valence-corrected chi connectivity index (χ2v) is 8.52. The number of nitrogens with one attached hydrogen (secondary N) is 1. The summed E-state index contributed by atoms with van der Waals surface area (Å²) in [4.78, 5) is 20.7. The first-order valence-corrected chi connectivity index (χ1v) is 11.4. The zero-order valence-electron chi connectivity index (χ0n) is 17.7. The van der Waals surface area contributed by atoms with Crippen LogP contribution in [0.25, 0.3) is 0 Å². The third-order valence-electron chi connectivity index (χ3n) is 4.45. The molecule has 176 valence electrons. The number of non-ortho nitro benzene ring substituents is 1. The molecule has 0 heterocycles. The normalized spacial score (nSPS) is 10.8. The summed E-state index contributed by atoms with van der Waals surface area (Å²) in [7, 11) is 0. The molecule has 0 saturated heterocycles. The third kappa shape index (κ3) is 6.51. The summed E-state index contributed by atoms with van der Waals surface area (Å²) in [5, 5.41) is 26.2. The molecule has 3 aromatic carbocycles. The van der Waals surface area contributed by atoms with Crippen molar-refractivity contribution in [3.63, 3.8) is 0 Å². The maximum absolute atomic E-state index is 11.3. The van der Waals surface area contributed by atoms with E-state index in [0.717, 1.165) is 22.2 Å². The molecule has 10 nitrogen and oxygen atoms in total. The Morgan fingerprint density at radius 2 is 1.68 bits per heavy atom. The van der Waals surface area contributed by atoms with E-state index in [1.807, 2.05) is 31.2 Å². The van der Waals surface area contributed by atoms with Crippen molar-refractivity contribution in [3.05, 3.63) is 94.9 Å². The van der Waals surface area contributed by atoms with Crippen LogP contribution < -0.4 is 14.9 Å². The van der Waals surface area contributed by atoms with E-state index in [4.69, 9.17) is 9.47 Å². The van der Waals surface area contributed by atoms with Gasteiger partial charge in [-0.3, -0.25) is 25.7 Å². The van der Waals surface area contributed by atoms with Crippen LogP contribution in [-0.2, 0) is 6.61 Å². The minimum Gasteiger partial charge on any atom is -0.490 e. The smallest absolute Gasteiger partial charge is 0.301 e. The van der Waals surface area contributed by atoms with Gasteiger partial charge in [-0.2, -0.15) is 5.10 Å². The second-order valence-electron chi connectivity index (χ2n) is 6.75. The molecule has 0 aromatic heterocycles. The van der Waals surface area contributed by atoms with Gasteiger partial charge in [0.05, 0.1) is 28.7 Å². The molecule has 0 spiro atoms. The zero-order valence-corrected chi connectivity index (χ0v) is 20.9. The van der Waals surface area contributed by atoms with Crippen LogP contribution in [0.2, 0.25) is 0 Å². The van der Waals surface area contributed by atoms with Gasteiger partial charge in [-0.05, 0) is 58.7 Å². The van der Waals surface area contributed by atoms with E-state index in [0.29, 0.717) is 34.7 Å². The average molecular weight is 594 g/mol. The molecule has 0 aliphatic carbocycles. The molecular weight excluding hydrogens is 576 g/mol. The summed E-state index contributed by atoms with van der Waals surface area (Å²) in [5.74, 6) is 1.04. The Labute approximate surface area is 211 Å². The Kier molecular flexibility index (Phi) is 8.55. The number of anilines is 1. The second kappa shape index (κ2) is 11.6. The number of nitro benzene ring substituents is 2. The highest BCUT2D eigenvalue weighted by Gasteiger charge is 2.19. The van der Waals surface area contributed by atoms with E-state index in [2.05, 4.69) is 42.4 Å². The fourth-order valence-corrected chi connectivity index (χ4v) is 3.51. The lowest BCUT2D eigenvalue weighted by molar-refractivity contribution is -0.393. The van der Waals surface area contributed by atoms with Gasteiger partial charge in [0.25, 0.3) is 5.69 Å². The summed E-state index contributed by atoms with van der Waals surface area (Å²) in [5.41, 5.74) is 3.34. The van der Waals surface area contributed by atoms with Crippen molar-refractivity contribution in [2.75, 3.05) is 12.0 Å². The molecule has 1 N–H and O–H groups in total. The van der Waals surface area contributed by atoms with Gasteiger partial charge in [-0.15, -0.1) is 0 Å². The van der Waals surface area contributed by atoms with Gasteiger partial charge in [0.1, 0.15) is 12.3 Å². The lowest BCUT2D eigenvalue weighted by atomic mass is 10.2. The molecule has 0 aliphatic heterocycles. The van der Waals surface area contributed by atoms with Gasteiger partial charge < -0.3 is 9.47 Å². The fourth-order valence-electron chi connectivity index (χ4n) is 2.82. The predicted molar refractivity (Wildman–Crippen MR) is 135 cm³/mol. The van der Waals surface area contributed by atoms with Crippen molar-refractivity contribution in [1.29, 1.82) is 0 Å². The first-order chi connectivity index (χ1) is 16.3. The molecule has 3 rings (SSSR count). The number of rotatable bonds is 10. The van der Waals surface area contributed by atoms with E-state index in [1.165, 1.54) is 12.3 Å². The highest BCUT2D eigenvalue weighted by Crippen LogP contribution is 2.34. The Balaban J connectivity index is 1.79. The largest absolute Gasteiger partial charge is 0.490 e. The van der Waals surface area contributed by atoms with Crippen molar-refractivity contribution in [2.45, 2.75) is 13.5 Å². The quantitative estimate of drug-likeness (QED) is 0.162. The molecule has 0 bridgehead atoms. The number of hydrazone groups is 1. The lowest BCUT2D eigenvalue weighted by Crippen LogP contribution is -2.02. The highest BCUT2D eigenvalue weighted by atomic mass is 79.9. The van der Waals surface area contributed by atoms with Gasteiger partial charge in [0.15, 0.2) is 11.5 Å². The summed E-state index contributed by atoms with van der Waals surface area (Å²) >= 11 is 6.88. The van der Waals surface area contributed by atoms with Gasteiger partial charge in [0, 0.05) is 20.6 Å². The Hall–Kier alpha value is -3.51. The van der Waals surface area contributed by atoms with Crippen LogP contribution in [0.15, 0.2) is 68.6 Å². The van der Waals surface area contributed by atoms with Crippen molar-refractivity contribution in [2.24, 2.45) is 5.10 Å². The number of halogens is 2. The van der Waals surface area contributed by atoms with Crippen LogP contribution in [0.4, 0.5) is 17.1 Å². The average Bonchev–Trinajstić information content (AvgIpc) is 2.81. The van der Waals surface area contributed by atoms with Crippen molar-refractivity contribution >= 4 is 55.1 Å². The van der Waals surface area contributed by atoms with Crippen LogP contribution in [0, 0.1) is 20.2 Å².